The van der Waals surface area contributed by atoms with Crippen molar-refractivity contribution < 1.29 is 14.3 Å². The van der Waals surface area contributed by atoms with E-state index in [1.807, 2.05) is 19.3 Å². The fraction of sp³-hybridized carbons (Fsp3) is 0.524. The maximum atomic E-state index is 12.8. The molecule has 1 amide bonds. The van der Waals surface area contributed by atoms with Gasteiger partial charge < -0.3 is 14.6 Å². The predicted octanol–water partition coefficient (Wildman–Crippen LogP) is 3.53. The Bertz CT molecular complexity index is 886. The van der Waals surface area contributed by atoms with E-state index >= 15 is 0 Å². The Labute approximate surface area is 169 Å². The Morgan fingerprint density at radius 3 is 2.86 bits per heavy atom. The normalized spacial score (nSPS) is 19.4. The number of amides is 1. The molecular weight excluding hydrogens is 374 g/mol. The molecule has 1 aliphatic heterocycles. The topological polar surface area (TPSA) is 63.6 Å². The van der Waals surface area contributed by atoms with Crippen LogP contribution >= 0.6 is 11.3 Å². The number of nitrogens with one attached hydrogen (secondary N) is 1. The molecule has 28 heavy (non-hydrogen) atoms. The van der Waals surface area contributed by atoms with Crippen LogP contribution in [0.5, 0.6) is 0 Å². The average Bonchev–Trinajstić information content (AvgIpc) is 3.39. The summed E-state index contributed by atoms with van der Waals surface area (Å²) < 4.78 is 7.13. The van der Waals surface area contributed by atoms with Crippen LogP contribution in [0, 0.1) is 0 Å². The number of thiophene rings is 1. The fourth-order valence-corrected chi connectivity index (χ4v) is 5.79. The molecule has 1 aliphatic carbocycles. The Hall–Kier alpha value is -2.12. The van der Waals surface area contributed by atoms with E-state index in [1.165, 1.54) is 29.0 Å². The zero-order valence-electron chi connectivity index (χ0n) is 16.5. The lowest BCUT2D eigenvalue weighted by Gasteiger charge is -2.24. The summed E-state index contributed by atoms with van der Waals surface area (Å²) in [6, 6.07) is 4.44. The van der Waals surface area contributed by atoms with Crippen molar-refractivity contribution in [3.05, 3.63) is 40.0 Å². The van der Waals surface area contributed by atoms with Crippen molar-refractivity contribution in [1.29, 1.82) is 0 Å². The number of fused-ring (bicyclic) bond motifs is 1. The summed E-state index contributed by atoms with van der Waals surface area (Å²) in [6.45, 7) is 1.24. The van der Waals surface area contributed by atoms with Crippen molar-refractivity contribution in [2.75, 3.05) is 25.5 Å². The van der Waals surface area contributed by atoms with Crippen LogP contribution in [0.15, 0.2) is 18.3 Å². The number of anilines is 1. The SMILES string of the molecule is COC(=O)c1c(NC(=O)CN2CCC[C@H]2c2cccn2C)sc2c1CCCC2. The van der Waals surface area contributed by atoms with Crippen molar-refractivity contribution in [1.82, 2.24) is 9.47 Å². The highest BCUT2D eigenvalue weighted by atomic mass is 32.1. The van der Waals surface area contributed by atoms with E-state index in [0.29, 0.717) is 17.1 Å². The third-order valence-electron chi connectivity index (χ3n) is 5.85. The van der Waals surface area contributed by atoms with Gasteiger partial charge in [-0.15, -0.1) is 11.3 Å². The minimum Gasteiger partial charge on any atom is -0.465 e. The lowest BCUT2D eigenvalue weighted by atomic mass is 9.95. The van der Waals surface area contributed by atoms with Gasteiger partial charge >= 0.3 is 5.97 Å². The number of rotatable bonds is 5. The lowest BCUT2D eigenvalue weighted by Crippen LogP contribution is -2.33. The number of hydrogen-bond acceptors (Lipinski definition) is 5. The second-order valence-electron chi connectivity index (χ2n) is 7.63. The van der Waals surface area contributed by atoms with Crippen LogP contribution in [0.3, 0.4) is 0 Å². The first-order valence-corrected chi connectivity index (χ1v) is 10.8. The lowest BCUT2D eigenvalue weighted by molar-refractivity contribution is -0.117. The molecular formula is C21H27N3O3S. The molecule has 1 fully saturated rings. The molecule has 1 saturated heterocycles. The predicted molar refractivity (Wildman–Crippen MR) is 110 cm³/mol. The van der Waals surface area contributed by atoms with Crippen molar-refractivity contribution >= 4 is 28.2 Å². The molecule has 4 rings (SSSR count). The zero-order chi connectivity index (χ0) is 19.7. The maximum Gasteiger partial charge on any atom is 0.341 e. The van der Waals surface area contributed by atoms with E-state index in [9.17, 15) is 9.59 Å². The molecule has 0 radical (unpaired) electrons. The molecule has 0 unspecified atom stereocenters. The number of ether oxygens (including phenoxy) is 1. The molecule has 2 aromatic rings. The first kappa shape index (κ1) is 19.2. The van der Waals surface area contributed by atoms with E-state index in [2.05, 4.69) is 20.9 Å². The van der Waals surface area contributed by atoms with Gasteiger partial charge in [0.25, 0.3) is 0 Å². The molecule has 0 bridgehead atoms. The third-order valence-corrected chi connectivity index (χ3v) is 7.06. The first-order chi connectivity index (χ1) is 13.6. The Kier molecular flexibility index (Phi) is 5.55. The number of aryl methyl sites for hydroxylation is 2. The Balaban J connectivity index is 1.50. The molecule has 6 nitrogen and oxygen atoms in total. The average molecular weight is 402 g/mol. The number of aromatic nitrogens is 1. The molecule has 2 aromatic heterocycles. The third kappa shape index (κ3) is 3.61. The quantitative estimate of drug-likeness (QED) is 0.779. The van der Waals surface area contributed by atoms with Gasteiger partial charge in [0.05, 0.1) is 25.3 Å². The first-order valence-electron chi connectivity index (χ1n) is 9.96. The number of methoxy groups -OCH3 is 1. The van der Waals surface area contributed by atoms with Gasteiger partial charge in [-0.2, -0.15) is 0 Å². The summed E-state index contributed by atoms with van der Waals surface area (Å²) in [6.07, 6.45) is 8.26. The highest BCUT2D eigenvalue weighted by Gasteiger charge is 2.31. The van der Waals surface area contributed by atoms with Crippen LogP contribution in [-0.4, -0.2) is 41.5 Å². The zero-order valence-corrected chi connectivity index (χ0v) is 17.3. The summed E-state index contributed by atoms with van der Waals surface area (Å²) in [4.78, 5) is 28.6. The summed E-state index contributed by atoms with van der Waals surface area (Å²) in [5.41, 5.74) is 2.88. The van der Waals surface area contributed by atoms with Gasteiger partial charge in [-0.1, -0.05) is 0 Å². The van der Waals surface area contributed by atoms with Crippen LogP contribution in [0.4, 0.5) is 5.00 Å². The molecule has 0 saturated carbocycles. The van der Waals surface area contributed by atoms with Crippen molar-refractivity contribution in [2.45, 2.75) is 44.6 Å². The highest BCUT2D eigenvalue weighted by molar-refractivity contribution is 7.17. The summed E-state index contributed by atoms with van der Waals surface area (Å²) in [5, 5.41) is 3.67. The molecule has 150 valence electrons. The summed E-state index contributed by atoms with van der Waals surface area (Å²) in [5.74, 6) is -0.414. The van der Waals surface area contributed by atoms with Crippen molar-refractivity contribution in [2.24, 2.45) is 7.05 Å². The van der Waals surface area contributed by atoms with Gasteiger partial charge in [0.15, 0.2) is 0 Å². The van der Waals surface area contributed by atoms with E-state index in [4.69, 9.17) is 4.74 Å². The van der Waals surface area contributed by atoms with Gasteiger partial charge in [0.1, 0.15) is 5.00 Å². The number of esters is 1. The molecule has 7 heteroatoms. The molecule has 1 atom stereocenters. The largest absolute Gasteiger partial charge is 0.465 e. The number of likely N-dealkylation sites (tertiary alicyclic amines) is 1. The van der Waals surface area contributed by atoms with Crippen LogP contribution in [0.25, 0.3) is 0 Å². The molecule has 2 aliphatic rings. The molecule has 3 heterocycles. The number of carbonyl (C=O) groups is 2. The molecule has 1 N–H and O–H groups in total. The van der Waals surface area contributed by atoms with E-state index in [0.717, 1.165) is 50.6 Å². The molecule has 0 spiro atoms. The minimum atomic E-state index is -0.349. The van der Waals surface area contributed by atoms with E-state index in [-0.39, 0.29) is 17.9 Å². The smallest absolute Gasteiger partial charge is 0.341 e. The van der Waals surface area contributed by atoms with Crippen molar-refractivity contribution in [3.8, 4) is 0 Å². The number of carbonyl (C=O) groups excluding carboxylic acids is 2. The van der Waals surface area contributed by atoms with E-state index < -0.39 is 0 Å². The van der Waals surface area contributed by atoms with Crippen LogP contribution in [0.2, 0.25) is 0 Å². The highest BCUT2D eigenvalue weighted by Crippen LogP contribution is 2.39. The molecule has 0 aromatic carbocycles. The number of nitrogens with zero attached hydrogens (tertiary/aromatic N) is 2. The monoisotopic (exact) mass is 401 g/mol. The minimum absolute atomic E-state index is 0.0649. The summed E-state index contributed by atoms with van der Waals surface area (Å²) >= 11 is 1.54. The van der Waals surface area contributed by atoms with Crippen molar-refractivity contribution in [3.63, 3.8) is 0 Å². The van der Waals surface area contributed by atoms with Crippen LogP contribution in [-0.2, 0) is 29.4 Å². The van der Waals surface area contributed by atoms with Crippen LogP contribution < -0.4 is 5.32 Å². The maximum absolute atomic E-state index is 12.8. The van der Waals surface area contributed by atoms with Gasteiger partial charge in [-0.3, -0.25) is 9.69 Å². The summed E-state index contributed by atoms with van der Waals surface area (Å²) in [7, 11) is 3.44. The Morgan fingerprint density at radius 2 is 2.11 bits per heavy atom. The second kappa shape index (κ2) is 8.09. The number of hydrogen-bond donors (Lipinski definition) is 1. The second-order valence-corrected chi connectivity index (χ2v) is 8.73. The standard InChI is InChI=1S/C21H27N3O3S/c1-23-11-5-8-15(23)16-9-6-12-24(16)13-18(25)22-20-19(21(26)27-2)14-7-3-4-10-17(14)28-20/h5,8,11,16H,3-4,6-7,9-10,12-13H2,1-2H3,(H,22,25)/t16-/m0/s1. The van der Waals surface area contributed by atoms with E-state index in [1.54, 1.807) is 0 Å². The van der Waals surface area contributed by atoms with Crippen LogP contribution in [0.1, 0.15) is 58.2 Å². The Morgan fingerprint density at radius 1 is 1.29 bits per heavy atom. The van der Waals surface area contributed by atoms with Gasteiger partial charge in [0, 0.05) is 23.8 Å². The van der Waals surface area contributed by atoms with Gasteiger partial charge in [-0.25, -0.2) is 4.79 Å². The fourth-order valence-electron chi connectivity index (χ4n) is 4.49. The van der Waals surface area contributed by atoms with Gasteiger partial charge in [-0.05, 0) is 62.8 Å². The van der Waals surface area contributed by atoms with Gasteiger partial charge in [0.2, 0.25) is 5.91 Å².